The van der Waals surface area contributed by atoms with Crippen LogP contribution in [0.4, 0.5) is 0 Å². The van der Waals surface area contributed by atoms with Crippen molar-refractivity contribution in [1.29, 1.82) is 0 Å². The van der Waals surface area contributed by atoms with Crippen molar-refractivity contribution >= 4 is 20.6 Å². The van der Waals surface area contributed by atoms with E-state index in [2.05, 4.69) is 18.3 Å². The van der Waals surface area contributed by atoms with Gasteiger partial charge in [0.25, 0.3) is 0 Å². The topological polar surface area (TPSA) is 46.2 Å². The Labute approximate surface area is 114 Å². The molecule has 1 unspecified atom stereocenters. The molecule has 2 aromatic rings. The molecule has 19 heavy (non-hydrogen) atoms. The van der Waals surface area contributed by atoms with Gasteiger partial charge in [-0.3, -0.25) is 0 Å². The molecule has 0 radical (unpaired) electrons. The van der Waals surface area contributed by atoms with E-state index in [9.17, 15) is 8.42 Å². The number of nitrogens with one attached hydrogen (secondary N) is 1. The lowest BCUT2D eigenvalue weighted by Gasteiger charge is -2.18. The second-order valence-electron chi connectivity index (χ2n) is 4.95. The van der Waals surface area contributed by atoms with Crippen molar-refractivity contribution in [1.82, 2.24) is 5.32 Å². The molecule has 0 aliphatic rings. The van der Waals surface area contributed by atoms with Crippen molar-refractivity contribution in [2.45, 2.75) is 13.0 Å². The zero-order chi connectivity index (χ0) is 14.0. The van der Waals surface area contributed by atoms with Crippen LogP contribution in [0.2, 0.25) is 0 Å². The lowest BCUT2D eigenvalue weighted by molar-refractivity contribution is 0.580. The number of aryl methyl sites for hydroxylation is 1. The number of fused-ring (bicyclic) bond motifs is 1. The molecule has 0 heterocycles. The van der Waals surface area contributed by atoms with Crippen LogP contribution in [0, 0.1) is 6.92 Å². The SMILES string of the molecule is CNC(CS(C)(=O)=O)c1ccc(C)c2ccccc12. The Morgan fingerprint density at radius 1 is 1.11 bits per heavy atom. The fourth-order valence-corrected chi connectivity index (χ4v) is 3.36. The average molecular weight is 277 g/mol. The first-order chi connectivity index (χ1) is 8.92. The molecule has 0 amide bonds. The third-order valence-corrected chi connectivity index (χ3v) is 4.31. The molecule has 4 heteroatoms. The summed E-state index contributed by atoms with van der Waals surface area (Å²) in [5.74, 6) is 0.108. The van der Waals surface area contributed by atoms with Crippen molar-refractivity contribution in [2.24, 2.45) is 0 Å². The molecule has 0 aliphatic heterocycles. The Balaban J connectivity index is 2.58. The molecule has 3 nitrogen and oxygen atoms in total. The summed E-state index contributed by atoms with van der Waals surface area (Å²) in [6.07, 6.45) is 1.27. The molecular weight excluding hydrogens is 258 g/mol. The number of hydrogen-bond donors (Lipinski definition) is 1. The summed E-state index contributed by atoms with van der Waals surface area (Å²) in [5.41, 5.74) is 2.24. The maximum atomic E-state index is 11.5. The molecule has 0 fully saturated rings. The lowest BCUT2D eigenvalue weighted by Crippen LogP contribution is -2.24. The van der Waals surface area contributed by atoms with Crippen LogP contribution in [0.5, 0.6) is 0 Å². The zero-order valence-corrected chi connectivity index (χ0v) is 12.3. The van der Waals surface area contributed by atoms with Crippen LogP contribution >= 0.6 is 0 Å². The normalized spacial score (nSPS) is 13.6. The van der Waals surface area contributed by atoms with Gasteiger partial charge in [0.05, 0.1) is 5.75 Å². The molecule has 2 rings (SSSR count). The second kappa shape index (κ2) is 5.31. The molecule has 0 saturated heterocycles. The van der Waals surface area contributed by atoms with Gasteiger partial charge in [-0.2, -0.15) is 0 Å². The van der Waals surface area contributed by atoms with E-state index in [0.717, 1.165) is 10.9 Å². The predicted octanol–water partition coefficient (Wildman–Crippen LogP) is 2.45. The van der Waals surface area contributed by atoms with E-state index >= 15 is 0 Å². The fourth-order valence-electron chi connectivity index (χ4n) is 2.41. The van der Waals surface area contributed by atoms with Crippen molar-refractivity contribution in [3.05, 3.63) is 47.5 Å². The molecular formula is C15H19NO2S. The molecule has 1 N–H and O–H groups in total. The second-order valence-corrected chi connectivity index (χ2v) is 7.14. The van der Waals surface area contributed by atoms with Crippen LogP contribution in [-0.2, 0) is 9.84 Å². The molecule has 1 atom stereocenters. The van der Waals surface area contributed by atoms with Crippen molar-refractivity contribution in [3.63, 3.8) is 0 Å². The molecule has 0 bridgehead atoms. The third kappa shape index (κ3) is 3.14. The third-order valence-electron chi connectivity index (χ3n) is 3.37. The van der Waals surface area contributed by atoms with Gasteiger partial charge >= 0.3 is 0 Å². The Hall–Kier alpha value is -1.39. The lowest BCUT2D eigenvalue weighted by atomic mass is 9.96. The minimum absolute atomic E-state index is 0.108. The predicted molar refractivity (Wildman–Crippen MR) is 80.2 cm³/mol. The highest BCUT2D eigenvalue weighted by molar-refractivity contribution is 7.90. The van der Waals surface area contributed by atoms with Crippen molar-refractivity contribution < 1.29 is 8.42 Å². The van der Waals surface area contributed by atoms with Gasteiger partial charge in [-0.25, -0.2) is 8.42 Å². The molecule has 0 spiro atoms. The van der Waals surface area contributed by atoms with Crippen molar-refractivity contribution in [2.75, 3.05) is 19.1 Å². The minimum Gasteiger partial charge on any atom is -0.312 e. The number of benzene rings is 2. The quantitative estimate of drug-likeness (QED) is 0.933. The van der Waals surface area contributed by atoms with Crippen LogP contribution < -0.4 is 5.32 Å². The highest BCUT2D eigenvalue weighted by atomic mass is 32.2. The first-order valence-electron chi connectivity index (χ1n) is 6.25. The van der Waals surface area contributed by atoms with Gasteiger partial charge in [-0.05, 0) is 35.9 Å². The van der Waals surface area contributed by atoms with Crippen LogP contribution in [0.3, 0.4) is 0 Å². The summed E-state index contributed by atoms with van der Waals surface area (Å²) >= 11 is 0. The molecule has 102 valence electrons. The molecule has 0 saturated carbocycles. The summed E-state index contributed by atoms with van der Waals surface area (Å²) < 4.78 is 23.1. The van der Waals surface area contributed by atoms with E-state index in [4.69, 9.17) is 0 Å². The first-order valence-corrected chi connectivity index (χ1v) is 8.31. The highest BCUT2D eigenvalue weighted by Gasteiger charge is 2.18. The van der Waals surface area contributed by atoms with E-state index < -0.39 is 9.84 Å². The average Bonchev–Trinajstić information content (AvgIpc) is 2.36. The van der Waals surface area contributed by atoms with Crippen molar-refractivity contribution in [3.8, 4) is 0 Å². The van der Waals surface area contributed by atoms with E-state index in [-0.39, 0.29) is 11.8 Å². The van der Waals surface area contributed by atoms with Gasteiger partial charge in [0.1, 0.15) is 9.84 Å². The van der Waals surface area contributed by atoms with E-state index in [1.54, 1.807) is 7.05 Å². The standard InChI is InChI=1S/C15H19NO2S/c1-11-8-9-14(13-7-5-4-6-12(11)13)15(16-2)10-19(3,17)18/h4-9,15-16H,10H2,1-3H3. The van der Waals surface area contributed by atoms with E-state index in [1.807, 2.05) is 30.3 Å². The molecule has 0 aromatic heterocycles. The van der Waals surface area contributed by atoms with Crippen LogP contribution in [0.1, 0.15) is 17.2 Å². The number of sulfone groups is 1. The first kappa shape index (κ1) is 14.0. The van der Waals surface area contributed by atoms with Crippen LogP contribution in [-0.4, -0.2) is 27.5 Å². The maximum Gasteiger partial charge on any atom is 0.149 e. The highest BCUT2D eigenvalue weighted by Crippen LogP contribution is 2.27. The summed E-state index contributed by atoms with van der Waals surface area (Å²) in [6, 6.07) is 12.0. The minimum atomic E-state index is -3.02. The largest absolute Gasteiger partial charge is 0.312 e. The fraction of sp³-hybridized carbons (Fsp3) is 0.333. The van der Waals surface area contributed by atoms with Gasteiger partial charge in [-0.1, -0.05) is 36.4 Å². The Bertz CT molecular complexity index is 692. The Morgan fingerprint density at radius 2 is 1.74 bits per heavy atom. The Morgan fingerprint density at radius 3 is 2.32 bits per heavy atom. The van der Waals surface area contributed by atoms with Gasteiger partial charge < -0.3 is 5.32 Å². The van der Waals surface area contributed by atoms with Gasteiger partial charge in [0.2, 0.25) is 0 Å². The summed E-state index contributed by atoms with van der Waals surface area (Å²) in [5, 5.41) is 5.40. The van der Waals surface area contributed by atoms with Gasteiger partial charge in [-0.15, -0.1) is 0 Å². The van der Waals surface area contributed by atoms with Gasteiger partial charge in [0, 0.05) is 12.3 Å². The Kier molecular flexibility index (Phi) is 3.92. The van der Waals surface area contributed by atoms with Gasteiger partial charge in [0.15, 0.2) is 0 Å². The molecule has 0 aliphatic carbocycles. The summed E-state index contributed by atoms with van der Waals surface area (Å²) in [6.45, 7) is 2.07. The summed E-state index contributed by atoms with van der Waals surface area (Å²) in [4.78, 5) is 0. The van der Waals surface area contributed by atoms with E-state index in [1.165, 1.54) is 17.2 Å². The number of rotatable bonds is 4. The van der Waals surface area contributed by atoms with Crippen LogP contribution in [0.15, 0.2) is 36.4 Å². The summed E-state index contributed by atoms with van der Waals surface area (Å²) in [7, 11) is -1.23. The van der Waals surface area contributed by atoms with E-state index in [0.29, 0.717) is 0 Å². The molecule has 2 aromatic carbocycles. The smallest absolute Gasteiger partial charge is 0.149 e. The maximum absolute atomic E-state index is 11.5. The van der Waals surface area contributed by atoms with Crippen LogP contribution in [0.25, 0.3) is 10.8 Å². The number of hydrogen-bond acceptors (Lipinski definition) is 3. The monoisotopic (exact) mass is 277 g/mol. The zero-order valence-electron chi connectivity index (χ0n) is 11.5.